The first-order valence-corrected chi connectivity index (χ1v) is 10.3. The Morgan fingerprint density at radius 2 is 1.54 bits per heavy atom. The van der Waals surface area contributed by atoms with Gasteiger partial charge in [-0.25, -0.2) is 0 Å². The van der Waals surface area contributed by atoms with Gasteiger partial charge in [0.2, 0.25) is 5.43 Å². The van der Waals surface area contributed by atoms with Crippen LogP contribution in [-0.2, 0) is 10.1 Å². The van der Waals surface area contributed by atoms with Crippen LogP contribution in [0.5, 0.6) is 5.75 Å². The van der Waals surface area contributed by atoms with Gasteiger partial charge in [0.1, 0.15) is 22.5 Å². The molecule has 0 saturated heterocycles. The predicted octanol–water partition coefficient (Wildman–Crippen LogP) is 4.66. The first kappa shape index (κ1) is 20.1. The third-order valence-electron chi connectivity index (χ3n) is 4.76. The molecule has 0 amide bonds. The minimum atomic E-state index is -4.58. The maximum atomic E-state index is 13.0. The van der Waals surface area contributed by atoms with Gasteiger partial charge < -0.3 is 9.52 Å². The van der Waals surface area contributed by atoms with E-state index in [-0.39, 0.29) is 44.6 Å². The number of fused-ring (bicyclic) bond motifs is 1. The van der Waals surface area contributed by atoms with Crippen molar-refractivity contribution in [3.05, 3.63) is 57.9 Å². The lowest BCUT2D eigenvalue weighted by atomic mass is 9.88. The quantitative estimate of drug-likeness (QED) is 0.615. The van der Waals surface area contributed by atoms with E-state index in [0.717, 1.165) is 17.4 Å². The van der Waals surface area contributed by atoms with Crippen molar-refractivity contribution < 1.29 is 22.5 Å². The molecule has 0 aliphatic rings. The topological polar surface area (TPSA) is 105 Å². The largest absolute Gasteiger partial charge is 0.508 e. The molecule has 0 aliphatic heterocycles. The number of aromatic hydroxyl groups is 1. The Kier molecular flexibility index (Phi) is 5.08. The summed E-state index contributed by atoms with van der Waals surface area (Å²) in [4.78, 5) is 12.7. The summed E-state index contributed by atoms with van der Waals surface area (Å²) in [6.07, 6.45) is 1.16. The van der Waals surface area contributed by atoms with E-state index < -0.39 is 15.5 Å². The van der Waals surface area contributed by atoms with Gasteiger partial charge in [0, 0.05) is 11.6 Å². The van der Waals surface area contributed by atoms with E-state index in [2.05, 4.69) is 0 Å². The van der Waals surface area contributed by atoms with Crippen LogP contribution in [0.2, 0.25) is 0 Å². The third kappa shape index (κ3) is 3.55. The maximum absolute atomic E-state index is 13.0. The Morgan fingerprint density at radius 3 is 2.11 bits per heavy atom. The summed E-state index contributed by atoms with van der Waals surface area (Å²) in [5.41, 5.74) is 1.55. The zero-order valence-corrected chi connectivity index (χ0v) is 16.9. The molecule has 0 fully saturated rings. The van der Waals surface area contributed by atoms with Crippen molar-refractivity contribution in [1.29, 1.82) is 0 Å². The van der Waals surface area contributed by atoms with Crippen LogP contribution >= 0.6 is 0 Å². The summed E-state index contributed by atoms with van der Waals surface area (Å²) in [6.45, 7) is 7.82. The first-order valence-electron chi connectivity index (χ1n) is 8.91. The minimum absolute atomic E-state index is 0.0305. The smallest absolute Gasteiger partial charge is 0.295 e. The summed E-state index contributed by atoms with van der Waals surface area (Å²) in [6, 6.07) is 7.16. The predicted molar refractivity (Wildman–Crippen MR) is 108 cm³/mol. The molecular weight excluding hydrogens is 380 g/mol. The fourth-order valence-electron chi connectivity index (χ4n) is 3.34. The molecule has 0 unspecified atom stereocenters. The molecule has 1 aromatic heterocycles. The van der Waals surface area contributed by atoms with Crippen molar-refractivity contribution in [3.63, 3.8) is 0 Å². The van der Waals surface area contributed by atoms with Crippen LogP contribution in [0.4, 0.5) is 0 Å². The highest BCUT2D eigenvalue weighted by Crippen LogP contribution is 2.35. The summed E-state index contributed by atoms with van der Waals surface area (Å²) >= 11 is 0. The van der Waals surface area contributed by atoms with E-state index >= 15 is 0 Å². The van der Waals surface area contributed by atoms with Gasteiger partial charge in [-0.05, 0) is 47.2 Å². The van der Waals surface area contributed by atoms with Crippen LogP contribution < -0.4 is 5.43 Å². The zero-order valence-electron chi connectivity index (χ0n) is 16.1. The van der Waals surface area contributed by atoms with E-state index in [1.54, 1.807) is 6.07 Å². The van der Waals surface area contributed by atoms with Crippen LogP contribution in [0.1, 0.15) is 50.7 Å². The number of rotatable bonds is 4. The van der Waals surface area contributed by atoms with Gasteiger partial charge in [0.25, 0.3) is 10.1 Å². The standard InChI is InChI=1S/C21H22O6S/c1-11(2)15-8-17(20(28(24,25)26)9-16(15)12(3)4)18-10-27-19-7-13(22)5-6-14(19)21(18)23/h5-12,22H,1-4H3,(H,24,25,26). The first-order chi connectivity index (χ1) is 13.0. The summed E-state index contributed by atoms with van der Waals surface area (Å²) in [5, 5.41) is 9.77. The molecule has 3 rings (SSSR count). The van der Waals surface area contributed by atoms with Crippen LogP contribution in [0.15, 0.2) is 50.7 Å². The average molecular weight is 402 g/mol. The molecule has 1 heterocycles. The second-order valence-electron chi connectivity index (χ2n) is 7.42. The van der Waals surface area contributed by atoms with Gasteiger partial charge in [0.15, 0.2) is 0 Å². The zero-order chi connectivity index (χ0) is 20.8. The highest BCUT2D eigenvalue weighted by molar-refractivity contribution is 7.86. The number of hydrogen-bond donors (Lipinski definition) is 2. The van der Waals surface area contributed by atoms with Crippen LogP contribution in [0.25, 0.3) is 22.1 Å². The lowest BCUT2D eigenvalue weighted by Crippen LogP contribution is -2.11. The van der Waals surface area contributed by atoms with Crippen molar-refractivity contribution in [2.24, 2.45) is 0 Å². The Hall–Kier alpha value is -2.64. The molecule has 6 nitrogen and oxygen atoms in total. The molecular formula is C21H22O6S. The lowest BCUT2D eigenvalue weighted by Gasteiger charge is -2.19. The van der Waals surface area contributed by atoms with Gasteiger partial charge in [-0.15, -0.1) is 0 Å². The molecule has 0 saturated carbocycles. The highest BCUT2D eigenvalue weighted by atomic mass is 32.2. The number of phenolic OH excluding ortho intramolecular Hbond substituents is 1. The van der Waals surface area contributed by atoms with Crippen LogP contribution in [0, 0.1) is 0 Å². The van der Waals surface area contributed by atoms with Crippen LogP contribution in [0.3, 0.4) is 0 Å². The Bertz CT molecular complexity index is 1220. The Balaban J connectivity index is 2.42. The second kappa shape index (κ2) is 7.07. The molecule has 148 valence electrons. The van der Waals surface area contributed by atoms with E-state index in [0.29, 0.717) is 0 Å². The summed E-state index contributed by atoms with van der Waals surface area (Å²) < 4.78 is 39.5. The van der Waals surface area contributed by atoms with Crippen LogP contribution in [-0.4, -0.2) is 18.1 Å². The molecule has 0 radical (unpaired) electrons. The Morgan fingerprint density at radius 1 is 0.929 bits per heavy atom. The van der Waals surface area contributed by atoms with Gasteiger partial charge in [0.05, 0.1) is 10.9 Å². The third-order valence-corrected chi connectivity index (χ3v) is 5.65. The summed E-state index contributed by atoms with van der Waals surface area (Å²) in [5.74, 6) is 0.0596. The van der Waals surface area contributed by atoms with E-state index in [9.17, 15) is 22.9 Å². The molecule has 0 bridgehead atoms. The van der Waals surface area contributed by atoms with Crippen molar-refractivity contribution in [2.45, 2.75) is 44.4 Å². The normalized spacial score (nSPS) is 12.2. The monoisotopic (exact) mass is 402 g/mol. The maximum Gasteiger partial charge on any atom is 0.295 e. The molecule has 0 spiro atoms. The van der Waals surface area contributed by atoms with Gasteiger partial charge >= 0.3 is 0 Å². The fourth-order valence-corrected chi connectivity index (χ4v) is 4.06. The van der Waals surface area contributed by atoms with Crippen molar-refractivity contribution in [2.75, 3.05) is 0 Å². The number of phenols is 1. The van der Waals surface area contributed by atoms with Crippen molar-refractivity contribution >= 4 is 21.1 Å². The minimum Gasteiger partial charge on any atom is -0.508 e. The summed E-state index contributed by atoms with van der Waals surface area (Å²) in [7, 11) is -4.58. The van der Waals surface area contributed by atoms with E-state index in [4.69, 9.17) is 4.42 Å². The van der Waals surface area contributed by atoms with Gasteiger partial charge in [-0.3, -0.25) is 9.35 Å². The molecule has 7 heteroatoms. The Labute approximate surface area is 163 Å². The van der Waals surface area contributed by atoms with E-state index in [1.165, 1.54) is 24.3 Å². The van der Waals surface area contributed by atoms with Crippen molar-refractivity contribution in [1.82, 2.24) is 0 Å². The molecule has 28 heavy (non-hydrogen) atoms. The molecule has 3 aromatic rings. The fraction of sp³-hybridized carbons (Fsp3) is 0.286. The SMILES string of the molecule is CC(C)c1cc(-c2coc3cc(O)ccc3c2=O)c(S(=O)(=O)O)cc1C(C)C. The molecule has 0 atom stereocenters. The lowest BCUT2D eigenvalue weighted by molar-refractivity contribution is 0.474. The highest BCUT2D eigenvalue weighted by Gasteiger charge is 2.24. The van der Waals surface area contributed by atoms with Crippen molar-refractivity contribution in [3.8, 4) is 16.9 Å². The van der Waals surface area contributed by atoms with Gasteiger partial charge in [-0.1, -0.05) is 27.7 Å². The van der Waals surface area contributed by atoms with E-state index in [1.807, 2.05) is 27.7 Å². The molecule has 2 aromatic carbocycles. The average Bonchev–Trinajstić information content (AvgIpc) is 2.59. The molecule has 0 aliphatic carbocycles. The number of hydrogen-bond acceptors (Lipinski definition) is 5. The van der Waals surface area contributed by atoms with Gasteiger partial charge in [-0.2, -0.15) is 8.42 Å². The molecule has 2 N–H and O–H groups in total. The number of benzene rings is 2. The second-order valence-corrected chi connectivity index (χ2v) is 8.81.